The Bertz CT molecular complexity index is 635. The van der Waals surface area contributed by atoms with Crippen molar-refractivity contribution < 1.29 is 13.2 Å². The fourth-order valence-electron chi connectivity index (χ4n) is 2.89. The number of amides is 1. The maximum atomic E-state index is 12.5. The predicted molar refractivity (Wildman–Crippen MR) is 86.5 cm³/mol. The first-order chi connectivity index (χ1) is 10.3. The second kappa shape index (κ2) is 6.79. The van der Waals surface area contributed by atoms with Gasteiger partial charge in [-0.1, -0.05) is 18.2 Å². The van der Waals surface area contributed by atoms with Crippen LogP contribution >= 0.6 is 0 Å². The number of hydrogen-bond acceptors (Lipinski definition) is 4. The topological polar surface area (TPSA) is 57.7 Å². The van der Waals surface area contributed by atoms with Gasteiger partial charge in [0.05, 0.1) is 11.3 Å². The van der Waals surface area contributed by atoms with Crippen molar-refractivity contribution in [2.45, 2.75) is 30.2 Å². The van der Waals surface area contributed by atoms with E-state index in [2.05, 4.69) is 11.9 Å². The average Bonchev–Trinajstić information content (AvgIpc) is 2.46. The monoisotopic (exact) mass is 324 g/mol. The highest BCUT2D eigenvalue weighted by Gasteiger charge is 2.25. The zero-order valence-electron chi connectivity index (χ0n) is 13.4. The molecule has 1 saturated heterocycles. The van der Waals surface area contributed by atoms with Crippen molar-refractivity contribution in [1.82, 2.24) is 9.80 Å². The van der Waals surface area contributed by atoms with Crippen molar-refractivity contribution in [1.29, 1.82) is 0 Å². The van der Waals surface area contributed by atoms with E-state index < -0.39 is 9.84 Å². The number of carbonyl (C=O) groups excluding carboxylic acids is 1. The normalized spacial score (nSPS) is 17.4. The zero-order chi connectivity index (χ0) is 16.3. The summed E-state index contributed by atoms with van der Waals surface area (Å²) >= 11 is 0. The number of benzene rings is 1. The SMILES string of the molecule is CN1CCC(N(C)C(=O)Cc2ccccc2S(C)(=O)=O)CC1. The number of likely N-dealkylation sites (tertiary alicyclic amines) is 1. The van der Waals surface area contributed by atoms with E-state index in [-0.39, 0.29) is 23.3 Å². The Kier molecular flexibility index (Phi) is 5.24. The van der Waals surface area contributed by atoms with Crippen molar-refractivity contribution in [3.05, 3.63) is 29.8 Å². The van der Waals surface area contributed by atoms with Gasteiger partial charge in [-0.2, -0.15) is 0 Å². The summed E-state index contributed by atoms with van der Waals surface area (Å²) in [5.74, 6) is -0.0225. The fraction of sp³-hybridized carbons (Fsp3) is 0.562. The lowest BCUT2D eigenvalue weighted by Gasteiger charge is -2.35. The summed E-state index contributed by atoms with van der Waals surface area (Å²) in [7, 11) is 0.590. The van der Waals surface area contributed by atoms with E-state index in [4.69, 9.17) is 0 Å². The highest BCUT2D eigenvalue weighted by Crippen LogP contribution is 2.19. The third-order valence-corrected chi connectivity index (χ3v) is 5.54. The quantitative estimate of drug-likeness (QED) is 0.835. The Hall–Kier alpha value is -1.40. The van der Waals surface area contributed by atoms with Crippen molar-refractivity contribution >= 4 is 15.7 Å². The minimum atomic E-state index is -3.31. The molecule has 0 unspecified atom stereocenters. The first-order valence-corrected chi connectivity index (χ1v) is 9.40. The lowest BCUT2D eigenvalue weighted by Crippen LogP contribution is -2.45. The van der Waals surface area contributed by atoms with E-state index in [1.54, 1.807) is 29.2 Å². The van der Waals surface area contributed by atoms with E-state index in [9.17, 15) is 13.2 Å². The Balaban J connectivity index is 2.09. The van der Waals surface area contributed by atoms with E-state index in [1.165, 1.54) is 6.26 Å². The third kappa shape index (κ3) is 4.08. The molecule has 1 aliphatic rings. The smallest absolute Gasteiger partial charge is 0.227 e. The maximum Gasteiger partial charge on any atom is 0.227 e. The third-order valence-electron chi connectivity index (χ3n) is 4.34. The molecule has 1 aromatic rings. The van der Waals surface area contributed by atoms with Gasteiger partial charge in [-0.3, -0.25) is 4.79 Å². The van der Waals surface area contributed by atoms with Crippen LogP contribution in [0.2, 0.25) is 0 Å². The average molecular weight is 324 g/mol. The van der Waals surface area contributed by atoms with Crippen LogP contribution in [0.1, 0.15) is 18.4 Å². The molecule has 0 atom stereocenters. The number of hydrogen-bond donors (Lipinski definition) is 0. The number of nitrogens with zero attached hydrogens (tertiary/aromatic N) is 2. The molecule has 0 radical (unpaired) electrons. The van der Waals surface area contributed by atoms with Gasteiger partial charge in [0.15, 0.2) is 9.84 Å². The van der Waals surface area contributed by atoms with Crippen LogP contribution in [0.15, 0.2) is 29.2 Å². The molecule has 6 heteroatoms. The van der Waals surface area contributed by atoms with Gasteiger partial charge in [-0.15, -0.1) is 0 Å². The highest BCUT2D eigenvalue weighted by molar-refractivity contribution is 7.90. The summed E-state index contributed by atoms with van der Waals surface area (Å²) in [6, 6.07) is 6.98. The fourth-order valence-corrected chi connectivity index (χ4v) is 3.83. The molecule has 1 aromatic carbocycles. The molecule has 2 rings (SSSR count). The second-order valence-corrected chi connectivity index (χ2v) is 8.08. The Labute approximate surface area is 132 Å². The molecule has 1 aliphatic heterocycles. The Morgan fingerprint density at radius 3 is 2.45 bits per heavy atom. The molecule has 122 valence electrons. The van der Waals surface area contributed by atoms with Crippen LogP contribution in [0.3, 0.4) is 0 Å². The van der Waals surface area contributed by atoms with Crippen molar-refractivity contribution in [3.8, 4) is 0 Å². The largest absolute Gasteiger partial charge is 0.342 e. The van der Waals surface area contributed by atoms with Gasteiger partial charge in [0, 0.05) is 19.3 Å². The number of rotatable bonds is 4. The van der Waals surface area contributed by atoms with Crippen LogP contribution in [0.25, 0.3) is 0 Å². The van der Waals surface area contributed by atoms with Gasteiger partial charge in [0.25, 0.3) is 0 Å². The summed E-state index contributed by atoms with van der Waals surface area (Å²) in [6.45, 7) is 1.98. The van der Waals surface area contributed by atoms with Crippen LogP contribution in [-0.4, -0.2) is 63.6 Å². The summed E-state index contributed by atoms with van der Waals surface area (Å²) in [5.41, 5.74) is 0.578. The van der Waals surface area contributed by atoms with Gasteiger partial charge in [-0.25, -0.2) is 8.42 Å². The zero-order valence-corrected chi connectivity index (χ0v) is 14.3. The molecule has 0 aromatic heterocycles. The van der Waals surface area contributed by atoms with Crippen LogP contribution in [0.4, 0.5) is 0 Å². The van der Waals surface area contributed by atoms with Crippen molar-refractivity contribution in [2.75, 3.05) is 33.4 Å². The predicted octanol–water partition coefficient (Wildman–Crippen LogP) is 1.19. The molecular weight excluding hydrogens is 300 g/mol. The van der Waals surface area contributed by atoms with Crippen molar-refractivity contribution in [3.63, 3.8) is 0 Å². The summed E-state index contributed by atoms with van der Waals surface area (Å²) in [6.07, 6.45) is 3.24. The van der Waals surface area contributed by atoms with Crippen LogP contribution < -0.4 is 0 Å². The van der Waals surface area contributed by atoms with Gasteiger partial charge in [0.1, 0.15) is 0 Å². The molecule has 0 spiro atoms. The Morgan fingerprint density at radius 2 is 1.86 bits per heavy atom. The first-order valence-electron chi connectivity index (χ1n) is 7.51. The molecule has 5 nitrogen and oxygen atoms in total. The van der Waals surface area contributed by atoms with Gasteiger partial charge >= 0.3 is 0 Å². The van der Waals surface area contributed by atoms with Crippen LogP contribution in [0, 0.1) is 0 Å². The lowest BCUT2D eigenvalue weighted by atomic mass is 10.0. The molecule has 1 heterocycles. The van der Waals surface area contributed by atoms with E-state index in [1.807, 2.05) is 7.05 Å². The lowest BCUT2D eigenvalue weighted by molar-refractivity contribution is -0.132. The van der Waals surface area contributed by atoms with E-state index in [0.29, 0.717) is 5.56 Å². The number of carbonyl (C=O) groups is 1. The number of piperidine rings is 1. The van der Waals surface area contributed by atoms with Crippen LogP contribution in [-0.2, 0) is 21.1 Å². The van der Waals surface area contributed by atoms with Gasteiger partial charge in [-0.05, 0) is 44.6 Å². The molecular formula is C16H24N2O3S. The second-order valence-electron chi connectivity index (χ2n) is 6.10. The molecule has 22 heavy (non-hydrogen) atoms. The van der Waals surface area contributed by atoms with Gasteiger partial charge in [0.2, 0.25) is 5.91 Å². The minimum absolute atomic E-state index is 0.0225. The number of likely N-dealkylation sites (N-methyl/N-ethyl adjacent to an activating group) is 1. The Morgan fingerprint density at radius 1 is 1.27 bits per heavy atom. The standard InChI is InChI=1S/C16H24N2O3S/c1-17-10-8-14(9-11-17)18(2)16(19)12-13-6-4-5-7-15(13)22(3,20)21/h4-7,14H,8-12H2,1-3H3. The van der Waals surface area contributed by atoms with E-state index in [0.717, 1.165) is 25.9 Å². The summed E-state index contributed by atoms with van der Waals surface area (Å²) in [4.78, 5) is 16.8. The van der Waals surface area contributed by atoms with Crippen LogP contribution in [0.5, 0.6) is 0 Å². The molecule has 0 bridgehead atoms. The maximum absolute atomic E-state index is 12.5. The minimum Gasteiger partial charge on any atom is -0.342 e. The number of sulfone groups is 1. The summed E-state index contributed by atoms with van der Waals surface area (Å²) < 4.78 is 23.6. The molecule has 0 N–H and O–H groups in total. The molecule has 0 aliphatic carbocycles. The van der Waals surface area contributed by atoms with Crippen molar-refractivity contribution in [2.24, 2.45) is 0 Å². The highest BCUT2D eigenvalue weighted by atomic mass is 32.2. The molecule has 1 fully saturated rings. The molecule has 1 amide bonds. The summed E-state index contributed by atoms with van der Waals surface area (Å²) in [5, 5.41) is 0. The first kappa shape index (κ1) is 17.0. The van der Waals surface area contributed by atoms with E-state index >= 15 is 0 Å². The molecule has 0 saturated carbocycles. The van der Waals surface area contributed by atoms with Gasteiger partial charge < -0.3 is 9.80 Å².